The van der Waals surface area contributed by atoms with Crippen LogP contribution in [0.5, 0.6) is 0 Å². The second-order valence-electron chi connectivity index (χ2n) is 8.12. The van der Waals surface area contributed by atoms with Gasteiger partial charge in [-0.05, 0) is 38.0 Å². The molecule has 0 amide bonds. The number of nitrogens with zero attached hydrogens (tertiary/aromatic N) is 5. The molecular formula is C22H22N6O2. The molecule has 1 saturated carbocycles. The molecule has 30 heavy (non-hydrogen) atoms. The summed E-state index contributed by atoms with van der Waals surface area (Å²) in [4.78, 5) is 32.6. The molecule has 5 heterocycles. The molecule has 1 aliphatic heterocycles. The zero-order chi connectivity index (χ0) is 20.2. The van der Waals surface area contributed by atoms with Crippen LogP contribution in [0.3, 0.4) is 0 Å². The summed E-state index contributed by atoms with van der Waals surface area (Å²) in [6.45, 7) is 4.20. The molecule has 8 nitrogen and oxygen atoms in total. The summed E-state index contributed by atoms with van der Waals surface area (Å²) in [5, 5.41) is 1.87. The van der Waals surface area contributed by atoms with E-state index in [9.17, 15) is 4.79 Å². The Hall–Kier alpha value is -3.26. The quantitative estimate of drug-likeness (QED) is 0.566. The zero-order valence-corrected chi connectivity index (χ0v) is 16.7. The number of aromatic nitrogens is 5. The van der Waals surface area contributed by atoms with Crippen molar-refractivity contribution in [2.75, 3.05) is 24.7 Å². The molecule has 4 aromatic rings. The monoisotopic (exact) mass is 402 g/mol. The maximum atomic E-state index is 12.9. The summed E-state index contributed by atoms with van der Waals surface area (Å²) in [6.07, 6.45) is 7.38. The van der Waals surface area contributed by atoms with E-state index < -0.39 is 0 Å². The largest absolute Gasteiger partial charge is 0.377 e. The van der Waals surface area contributed by atoms with Crippen molar-refractivity contribution in [3.05, 3.63) is 36.8 Å². The lowest BCUT2D eigenvalue weighted by Gasteiger charge is -2.34. The molecule has 0 bridgehead atoms. The zero-order valence-electron chi connectivity index (χ0n) is 16.7. The van der Waals surface area contributed by atoms with E-state index >= 15 is 0 Å². The number of carbonyl (C=O) groups is 1. The maximum absolute atomic E-state index is 12.9. The number of hydrogen-bond acceptors (Lipinski definition) is 6. The predicted molar refractivity (Wildman–Crippen MR) is 114 cm³/mol. The van der Waals surface area contributed by atoms with Crippen molar-refractivity contribution in [2.24, 2.45) is 5.92 Å². The van der Waals surface area contributed by atoms with E-state index in [0.717, 1.165) is 47.2 Å². The van der Waals surface area contributed by atoms with Gasteiger partial charge in [0.2, 0.25) is 5.91 Å². The highest BCUT2D eigenvalue weighted by Crippen LogP contribution is 2.35. The minimum Gasteiger partial charge on any atom is -0.377 e. The molecule has 0 radical (unpaired) electrons. The minimum atomic E-state index is 0.113. The molecule has 1 saturated heterocycles. The van der Waals surface area contributed by atoms with Gasteiger partial charge in [-0.15, -0.1) is 0 Å². The average Bonchev–Trinajstić information content (AvgIpc) is 3.35. The Morgan fingerprint density at radius 1 is 1.20 bits per heavy atom. The van der Waals surface area contributed by atoms with E-state index in [1.807, 2.05) is 30.6 Å². The molecule has 6 rings (SSSR count). The van der Waals surface area contributed by atoms with Crippen LogP contribution in [-0.2, 0) is 4.74 Å². The SMILES string of the molecule is C[C@@H]1COCCN1c1nc(-c2ccnc3[nH]ccc23)nc2c1ccn2C(=O)C1CC1. The minimum absolute atomic E-state index is 0.113. The van der Waals surface area contributed by atoms with Crippen LogP contribution in [0.2, 0.25) is 0 Å². The van der Waals surface area contributed by atoms with Crippen LogP contribution in [0.15, 0.2) is 36.8 Å². The van der Waals surface area contributed by atoms with Crippen LogP contribution in [-0.4, -0.2) is 56.2 Å². The van der Waals surface area contributed by atoms with Crippen LogP contribution >= 0.6 is 0 Å². The topological polar surface area (TPSA) is 88.9 Å². The molecule has 1 N–H and O–H groups in total. The van der Waals surface area contributed by atoms with Gasteiger partial charge in [0.05, 0.1) is 24.6 Å². The number of morpholine rings is 1. The van der Waals surface area contributed by atoms with Crippen molar-refractivity contribution >= 4 is 33.8 Å². The van der Waals surface area contributed by atoms with Gasteiger partial charge in [0.25, 0.3) is 0 Å². The molecule has 2 aliphatic rings. The third kappa shape index (κ3) is 2.71. The Bertz CT molecular complexity index is 1270. The van der Waals surface area contributed by atoms with Crippen LogP contribution in [0.4, 0.5) is 5.82 Å². The van der Waals surface area contributed by atoms with Gasteiger partial charge >= 0.3 is 0 Å². The summed E-state index contributed by atoms with van der Waals surface area (Å²) in [5.41, 5.74) is 2.37. The number of anilines is 1. The third-order valence-corrected chi connectivity index (χ3v) is 6.03. The Balaban J connectivity index is 1.60. The first-order chi connectivity index (χ1) is 14.7. The van der Waals surface area contributed by atoms with E-state index in [1.165, 1.54) is 0 Å². The summed E-state index contributed by atoms with van der Waals surface area (Å²) in [6, 6.07) is 6.07. The van der Waals surface area contributed by atoms with Crippen LogP contribution in [0, 0.1) is 5.92 Å². The number of rotatable bonds is 3. The fraction of sp³-hybridized carbons (Fsp3) is 0.364. The number of fused-ring (bicyclic) bond motifs is 2. The molecule has 0 unspecified atom stereocenters. The molecule has 8 heteroatoms. The molecule has 152 valence electrons. The molecule has 1 aliphatic carbocycles. The highest BCUT2D eigenvalue weighted by molar-refractivity contribution is 5.99. The Morgan fingerprint density at radius 2 is 2.10 bits per heavy atom. The summed E-state index contributed by atoms with van der Waals surface area (Å²) >= 11 is 0. The number of H-pyrrole nitrogens is 1. The number of nitrogens with one attached hydrogen (secondary N) is 1. The van der Waals surface area contributed by atoms with Crippen molar-refractivity contribution in [3.63, 3.8) is 0 Å². The molecule has 2 fully saturated rings. The van der Waals surface area contributed by atoms with Crippen molar-refractivity contribution in [3.8, 4) is 11.4 Å². The van der Waals surface area contributed by atoms with Crippen molar-refractivity contribution < 1.29 is 9.53 Å². The lowest BCUT2D eigenvalue weighted by molar-refractivity contribution is 0.0891. The van der Waals surface area contributed by atoms with Gasteiger partial charge in [-0.1, -0.05) is 0 Å². The second kappa shape index (κ2) is 6.63. The second-order valence-corrected chi connectivity index (χ2v) is 8.12. The van der Waals surface area contributed by atoms with E-state index in [2.05, 4.69) is 21.8 Å². The van der Waals surface area contributed by atoms with E-state index in [-0.39, 0.29) is 17.9 Å². The van der Waals surface area contributed by atoms with Crippen molar-refractivity contribution in [1.29, 1.82) is 0 Å². The number of pyridine rings is 1. The first-order valence-electron chi connectivity index (χ1n) is 10.4. The van der Waals surface area contributed by atoms with Crippen molar-refractivity contribution in [2.45, 2.75) is 25.8 Å². The van der Waals surface area contributed by atoms with Gasteiger partial charge in [-0.25, -0.2) is 15.0 Å². The maximum Gasteiger partial charge on any atom is 0.235 e. The van der Waals surface area contributed by atoms with Gasteiger partial charge in [0, 0.05) is 42.0 Å². The first-order valence-corrected chi connectivity index (χ1v) is 10.4. The van der Waals surface area contributed by atoms with Crippen molar-refractivity contribution in [1.82, 2.24) is 24.5 Å². The number of aromatic amines is 1. The van der Waals surface area contributed by atoms with Crippen LogP contribution in [0.1, 0.15) is 24.6 Å². The highest BCUT2D eigenvalue weighted by atomic mass is 16.5. The van der Waals surface area contributed by atoms with Crippen LogP contribution < -0.4 is 4.90 Å². The highest BCUT2D eigenvalue weighted by Gasteiger charge is 2.33. The van der Waals surface area contributed by atoms with Gasteiger partial charge < -0.3 is 14.6 Å². The normalized spacial score (nSPS) is 19.6. The van der Waals surface area contributed by atoms with Gasteiger partial charge in [0.15, 0.2) is 11.5 Å². The smallest absolute Gasteiger partial charge is 0.235 e. The van der Waals surface area contributed by atoms with E-state index in [1.54, 1.807) is 10.8 Å². The van der Waals surface area contributed by atoms with E-state index in [4.69, 9.17) is 14.7 Å². The molecule has 0 aromatic carbocycles. The number of ether oxygens (including phenoxy) is 1. The molecule has 1 atom stereocenters. The third-order valence-electron chi connectivity index (χ3n) is 6.03. The fourth-order valence-electron chi connectivity index (χ4n) is 4.24. The van der Waals surface area contributed by atoms with Gasteiger partial charge in [-0.2, -0.15) is 0 Å². The molecular weight excluding hydrogens is 380 g/mol. The molecule has 4 aromatic heterocycles. The summed E-state index contributed by atoms with van der Waals surface area (Å²) in [7, 11) is 0. The van der Waals surface area contributed by atoms with Gasteiger partial charge in [-0.3, -0.25) is 9.36 Å². The Morgan fingerprint density at radius 3 is 2.93 bits per heavy atom. The first kappa shape index (κ1) is 17.6. The average molecular weight is 402 g/mol. The number of carbonyl (C=O) groups excluding carboxylic acids is 1. The fourth-order valence-corrected chi connectivity index (χ4v) is 4.24. The predicted octanol–water partition coefficient (Wildman–Crippen LogP) is 3.25. The van der Waals surface area contributed by atoms with Gasteiger partial charge in [0.1, 0.15) is 11.5 Å². The molecule has 0 spiro atoms. The van der Waals surface area contributed by atoms with Crippen LogP contribution in [0.25, 0.3) is 33.5 Å². The Kier molecular flexibility index (Phi) is 3.89. The Labute approximate surface area is 172 Å². The lowest BCUT2D eigenvalue weighted by atomic mass is 10.1. The summed E-state index contributed by atoms with van der Waals surface area (Å²) in [5.74, 6) is 1.69. The number of hydrogen-bond donors (Lipinski definition) is 1. The van der Waals surface area contributed by atoms with E-state index in [0.29, 0.717) is 24.7 Å². The summed E-state index contributed by atoms with van der Waals surface area (Å²) < 4.78 is 7.34. The standard InChI is InChI=1S/C22H22N6O2/c1-13-12-30-11-10-27(13)20-17-6-9-28(22(29)14-2-3-14)21(17)26-19(25-20)16-5-8-24-18-15(16)4-7-23-18/h4-9,13-14H,2-3,10-12H2,1H3,(H,23,24)/t13-/m1/s1. The lowest BCUT2D eigenvalue weighted by Crippen LogP contribution is -2.44.